The van der Waals surface area contributed by atoms with Crippen LogP contribution >= 0.6 is 0 Å². The van der Waals surface area contributed by atoms with Gasteiger partial charge >= 0.3 is 5.63 Å². The van der Waals surface area contributed by atoms with Crippen LogP contribution < -0.4 is 10.4 Å². The summed E-state index contributed by atoms with van der Waals surface area (Å²) in [4.78, 5) is 17.0. The summed E-state index contributed by atoms with van der Waals surface area (Å²) in [7, 11) is 1.39. The van der Waals surface area contributed by atoms with E-state index in [2.05, 4.69) is 11.7 Å². The fourth-order valence-corrected chi connectivity index (χ4v) is 2.15. The van der Waals surface area contributed by atoms with E-state index < -0.39 is 5.63 Å². The standard InChI is InChI=1S/C16H17NO5/c1-5-8-21-15-11-6-7-12(18)9(2)14(11)22-16(19)13(15)10(3)17-20-4/h5-7,18H,1,8H2,2-4H3/b17-10+. The molecule has 22 heavy (non-hydrogen) atoms. The highest BCUT2D eigenvalue weighted by molar-refractivity contribution is 6.05. The molecule has 1 aromatic carbocycles. The van der Waals surface area contributed by atoms with Gasteiger partial charge in [0, 0.05) is 5.56 Å². The second-order valence-corrected chi connectivity index (χ2v) is 4.64. The highest BCUT2D eigenvalue weighted by Gasteiger charge is 2.20. The molecule has 0 unspecified atom stereocenters. The van der Waals surface area contributed by atoms with E-state index in [1.807, 2.05) is 0 Å². The van der Waals surface area contributed by atoms with E-state index in [4.69, 9.17) is 14.0 Å². The highest BCUT2D eigenvalue weighted by Crippen LogP contribution is 2.33. The number of phenols is 1. The first-order valence-electron chi connectivity index (χ1n) is 6.62. The van der Waals surface area contributed by atoms with Crippen LogP contribution in [0.4, 0.5) is 0 Å². The van der Waals surface area contributed by atoms with Gasteiger partial charge in [0.05, 0.1) is 11.1 Å². The number of rotatable bonds is 5. The molecule has 1 aromatic heterocycles. The molecule has 0 atom stereocenters. The molecule has 2 rings (SSSR count). The van der Waals surface area contributed by atoms with Crippen molar-refractivity contribution in [1.82, 2.24) is 0 Å². The zero-order chi connectivity index (χ0) is 16.3. The average Bonchev–Trinajstić information content (AvgIpc) is 2.49. The van der Waals surface area contributed by atoms with Gasteiger partial charge in [0.15, 0.2) is 0 Å². The Labute approximate surface area is 127 Å². The fourth-order valence-electron chi connectivity index (χ4n) is 2.15. The number of aryl methyl sites for hydroxylation is 1. The van der Waals surface area contributed by atoms with E-state index in [0.29, 0.717) is 22.4 Å². The summed E-state index contributed by atoms with van der Waals surface area (Å²) in [6, 6.07) is 3.15. The first kappa shape index (κ1) is 15.6. The van der Waals surface area contributed by atoms with Gasteiger partial charge in [-0.05, 0) is 26.0 Å². The normalized spacial score (nSPS) is 11.5. The van der Waals surface area contributed by atoms with Crippen LogP contribution in [0, 0.1) is 6.92 Å². The lowest BCUT2D eigenvalue weighted by molar-refractivity contribution is 0.213. The van der Waals surface area contributed by atoms with Gasteiger partial charge in [0.25, 0.3) is 0 Å². The van der Waals surface area contributed by atoms with Crippen LogP contribution in [0.3, 0.4) is 0 Å². The summed E-state index contributed by atoms with van der Waals surface area (Å²) in [6.07, 6.45) is 1.57. The molecule has 2 aromatic rings. The van der Waals surface area contributed by atoms with Gasteiger partial charge in [-0.15, -0.1) is 0 Å². The lowest BCUT2D eigenvalue weighted by atomic mass is 10.1. The summed E-state index contributed by atoms with van der Waals surface area (Å²) in [5.41, 5.74) is 0.645. The van der Waals surface area contributed by atoms with Crippen LogP contribution in [0.15, 0.2) is 39.2 Å². The minimum atomic E-state index is -0.612. The van der Waals surface area contributed by atoms with Crippen molar-refractivity contribution in [3.05, 3.63) is 46.3 Å². The fraction of sp³-hybridized carbons (Fsp3) is 0.250. The number of hydrogen-bond donors (Lipinski definition) is 1. The van der Waals surface area contributed by atoms with Gasteiger partial charge in [0.2, 0.25) is 0 Å². The molecule has 0 aliphatic heterocycles. The molecule has 0 amide bonds. The molecule has 1 N–H and O–H groups in total. The first-order valence-corrected chi connectivity index (χ1v) is 6.62. The second-order valence-electron chi connectivity index (χ2n) is 4.64. The Morgan fingerprint density at radius 1 is 1.50 bits per heavy atom. The van der Waals surface area contributed by atoms with Gasteiger partial charge < -0.3 is 19.1 Å². The van der Waals surface area contributed by atoms with E-state index in [0.717, 1.165) is 0 Å². The van der Waals surface area contributed by atoms with E-state index in [1.165, 1.54) is 13.2 Å². The molecule has 1 heterocycles. The van der Waals surface area contributed by atoms with Crippen LogP contribution in [-0.2, 0) is 4.84 Å². The maximum absolute atomic E-state index is 12.3. The minimum Gasteiger partial charge on any atom is -0.508 e. The lowest BCUT2D eigenvalue weighted by Crippen LogP contribution is -2.16. The molecule has 6 heteroatoms. The second kappa shape index (κ2) is 6.34. The number of phenolic OH excluding ortho intramolecular Hbond substituents is 1. The molecular formula is C16H17NO5. The Morgan fingerprint density at radius 2 is 2.23 bits per heavy atom. The van der Waals surface area contributed by atoms with E-state index >= 15 is 0 Å². The highest BCUT2D eigenvalue weighted by atomic mass is 16.6. The molecule has 0 saturated heterocycles. The van der Waals surface area contributed by atoms with Crippen LogP contribution in [0.5, 0.6) is 11.5 Å². The molecule has 6 nitrogen and oxygen atoms in total. The molecule has 116 valence electrons. The van der Waals surface area contributed by atoms with Gasteiger partial charge in [-0.3, -0.25) is 0 Å². The molecule has 0 radical (unpaired) electrons. The van der Waals surface area contributed by atoms with Crippen LogP contribution in [-0.4, -0.2) is 24.5 Å². The van der Waals surface area contributed by atoms with Gasteiger partial charge in [-0.1, -0.05) is 17.8 Å². The van der Waals surface area contributed by atoms with Crippen molar-refractivity contribution >= 4 is 16.7 Å². The zero-order valence-corrected chi connectivity index (χ0v) is 12.7. The average molecular weight is 303 g/mol. The lowest BCUT2D eigenvalue weighted by Gasteiger charge is -2.13. The monoisotopic (exact) mass is 303 g/mol. The number of hydrogen-bond acceptors (Lipinski definition) is 6. The maximum atomic E-state index is 12.3. The SMILES string of the molecule is C=CCOc1c(/C(C)=N/OC)c(=O)oc2c(C)c(O)ccc12. The van der Waals surface area contributed by atoms with Crippen molar-refractivity contribution in [2.24, 2.45) is 5.16 Å². The molecule has 0 saturated carbocycles. The quantitative estimate of drug-likeness (QED) is 0.397. The molecular weight excluding hydrogens is 286 g/mol. The number of aromatic hydroxyl groups is 1. The molecule has 0 bridgehead atoms. The Bertz CT molecular complexity index is 804. The Balaban J connectivity index is 2.87. The maximum Gasteiger partial charge on any atom is 0.349 e. The molecule has 0 aliphatic rings. The summed E-state index contributed by atoms with van der Waals surface area (Å²) in [5.74, 6) is 0.368. The van der Waals surface area contributed by atoms with E-state index in [-0.39, 0.29) is 23.5 Å². The zero-order valence-electron chi connectivity index (χ0n) is 12.7. The van der Waals surface area contributed by atoms with Crippen LogP contribution in [0.1, 0.15) is 18.1 Å². The Morgan fingerprint density at radius 3 is 2.86 bits per heavy atom. The summed E-state index contributed by atoms with van der Waals surface area (Å²) in [6.45, 7) is 7.09. The number of fused-ring (bicyclic) bond motifs is 1. The number of oxime groups is 1. The predicted molar refractivity (Wildman–Crippen MR) is 83.8 cm³/mol. The smallest absolute Gasteiger partial charge is 0.349 e. The predicted octanol–water partition coefficient (Wildman–Crippen LogP) is 2.74. The van der Waals surface area contributed by atoms with Crippen molar-refractivity contribution in [2.75, 3.05) is 13.7 Å². The topological polar surface area (TPSA) is 81.3 Å². The van der Waals surface area contributed by atoms with Crippen molar-refractivity contribution in [3.8, 4) is 11.5 Å². The van der Waals surface area contributed by atoms with Crippen molar-refractivity contribution in [3.63, 3.8) is 0 Å². The molecule has 0 fully saturated rings. The van der Waals surface area contributed by atoms with Gasteiger partial charge in [0.1, 0.15) is 36.4 Å². The molecule has 0 spiro atoms. The third kappa shape index (κ3) is 2.67. The van der Waals surface area contributed by atoms with Gasteiger partial charge in [-0.2, -0.15) is 0 Å². The van der Waals surface area contributed by atoms with Crippen molar-refractivity contribution < 1.29 is 19.1 Å². The summed E-state index contributed by atoms with van der Waals surface area (Å²) in [5, 5.41) is 14.1. The largest absolute Gasteiger partial charge is 0.508 e. The van der Waals surface area contributed by atoms with Gasteiger partial charge in [-0.25, -0.2) is 4.79 Å². The number of nitrogens with zero attached hydrogens (tertiary/aromatic N) is 1. The number of benzene rings is 1. The van der Waals surface area contributed by atoms with Crippen LogP contribution in [0.25, 0.3) is 11.0 Å². The Hall–Kier alpha value is -2.76. The minimum absolute atomic E-state index is 0.0420. The Kier molecular flexibility index (Phi) is 4.50. The van der Waals surface area contributed by atoms with Crippen LogP contribution in [0.2, 0.25) is 0 Å². The van der Waals surface area contributed by atoms with Crippen molar-refractivity contribution in [1.29, 1.82) is 0 Å². The first-order chi connectivity index (χ1) is 10.5. The number of ether oxygens (including phenoxy) is 1. The van der Waals surface area contributed by atoms with E-state index in [1.54, 1.807) is 26.0 Å². The molecule has 0 aliphatic carbocycles. The third-order valence-electron chi connectivity index (χ3n) is 3.18. The van der Waals surface area contributed by atoms with E-state index in [9.17, 15) is 9.90 Å². The van der Waals surface area contributed by atoms with Crippen molar-refractivity contribution in [2.45, 2.75) is 13.8 Å². The third-order valence-corrected chi connectivity index (χ3v) is 3.18. The summed E-state index contributed by atoms with van der Waals surface area (Å²) < 4.78 is 11.0. The summed E-state index contributed by atoms with van der Waals surface area (Å²) >= 11 is 0.